The fraction of sp³-hybridized carbons (Fsp3) is 0.455. The summed E-state index contributed by atoms with van der Waals surface area (Å²) in [5.41, 5.74) is 3.28. The number of rotatable bonds is 3. The van der Waals surface area contributed by atoms with Crippen LogP contribution in [0.25, 0.3) is 0 Å². The van der Waals surface area contributed by atoms with Crippen molar-refractivity contribution in [1.29, 1.82) is 0 Å². The molecule has 2 aromatic rings. The first-order valence-electron chi connectivity index (χ1n) is 8.69. The molecular formula is C22H28. The summed E-state index contributed by atoms with van der Waals surface area (Å²) < 4.78 is 0. The Balaban J connectivity index is 1.84. The van der Waals surface area contributed by atoms with Crippen LogP contribution < -0.4 is 0 Å². The smallest absolute Gasteiger partial charge is 0.00751 e. The third-order valence-electron chi connectivity index (χ3n) is 5.96. The summed E-state index contributed by atoms with van der Waals surface area (Å²) in [6, 6.07) is 22.2. The molecule has 3 unspecified atom stereocenters. The number of hydrogen-bond donors (Lipinski definition) is 0. The lowest BCUT2D eigenvalue weighted by molar-refractivity contribution is 0.177. The molecule has 0 N–H and O–H groups in total. The molecule has 2 aromatic carbocycles. The fourth-order valence-corrected chi connectivity index (χ4v) is 4.25. The van der Waals surface area contributed by atoms with Crippen LogP contribution in [0.15, 0.2) is 60.7 Å². The SMILES string of the molecule is CC1CCC(C(C)(C)c2ccccc2)CC1c1ccccc1. The van der Waals surface area contributed by atoms with Crippen molar-refractivity contribution in [2.24, 2.45) is 11.8 Å². The van der Waals surface area contributed by atoms with Gasteiger partial charge in [-0.05, 0) is 53.6 Å². The summed E-state index contributed by atoms with van der Waals surface area (Å²) in [4.78, 5) is 0. The molecule has 0 radical (unpaired) electrons. The van der Waals surface area contributed by atoms with E-state index in [-0.39, 0.29) is 5.41 Å². The van der Waals surface area contributed by atoms with Crippen molar-refractivity contribution in [2.45, 2.75) is 51.4 Å². The Morgan fingerprint density at radius 3 is 2.05 bits per heavy atom. The minimum Gasteiger partial charge on any atom is -0.0622 e. The lowest BCUT2D eigenvalue weighted by Crippen LogP contribution is -2.34. The van der Waals surface area contributed by atoms with Gasteiger partial charge in [-0.2, -0.15) is 0 Å². The molecule has 1 fully saturated rings. The van der Waals surface area contributed by atoms with E-state index in [0.29, 0.717) is 5.92 Å². The molecular weight excluding hydrogens is 264 g/mol. The van der Waals surface area contributed by atoms with Gasteiger partial charge in [0.25, 0.3) is 0 Å². The zero-order valence-corrected chi connectivity index (χ0v) is 14.1. The third-order valence-corrected chi connectivity index (χ3v) is 5.96. The van der Waals surface area contributed by atoms with Gasteiger partial charge in [0.2, 0.25) is 0 Å². The molecule has 0 aromatic heterocycles. The molecule has 22 heavy (non-hydrogen) atoms. The van der Waals surface area contributed by atoms with Crippen molar-refractivity contribution in [3.05, 3.63) is 71.8 Å². The van der Waals surface area contributed by atoms with Gasteiger partial charge in [-0.15, -0.1) is 0 Å². The second-order valence-corrected chi connectivity index (χ2v) is 7.59. The van der Waals surface area contributed by atoms with Crippen LogP contribution in [0, 0.1) is 11.8 Å². The minimum absolute atomic E-state index is 0.258. The average molecular weight is 292 g/mol. The Morgan fingerprint density at radius 2 is 1.41 bits per heavy atom. The first kappa shape index (κ1) is 15.3. The van der Waals surface area contributed by atoms with Crippen molar-refractivity contribution in [3.8, 4) is 0 Å². The van der Waals surface area contributed by atoms with Crippen LogP contribution in [-0.4, -0.2) is 0 Å². The lowest BCUT2D eigenvalue weighted by atomic mass is 9.62. The molecule has 3 rings (SSSR count). The van der Waals surface area contributed by atoms with Crippen LogP contribution in [0.5, 0.6) is 0 Å². The van der Waals surface area contributed by atoms with Gasteiger partial charge in [0.15, 0.2) is 0 Å². The highest BCUT2D eigenvalue weighted by Gasteiger charge is 2.37. The predicted octanol–water partition coefficient (Wildman–Crippen LogP) is 6.18. The monoisotopic (exact) mass is 292 g/mol. The molecule has 0 nitrogen and oxygen atoms in total. The summed E-state index contributed by atoms with van der Waals surface area (Å²) in [7, 11) is 0. The van der Waals surface area contributed by atoms with Gasteiger partial charge in [-0.1, -0.05) is 81.4 Å². The minimum atomic E-state index is 0.258. The number of hydrogen-bond acceptors (Lipinski definition) is 0. The lowest BCUT2D eigenvalue weighted by Gasteiger charge is -2.43. The molecule has 0 bridgehead atoms. The standard InChI is InChI=1S/C22H28/c1-17-14-15-20(16-21(17)18-10-6-4-7-11-18)22(2,3)19-12-8-5-9-13-19/h4-13,17,20-21H,14-16H2,1-3H3. The first-order valence-corrected chi connectivity index (χ1v) is 8.69. The largest absolute Gasteiger partial charge is 0.0622 e. The van der Waals surface area contributed by atoms with Crippen molar-refractivity contribution in [2.75, 3.05) is 0 Å². The van der Waals surface area contributed by atoms with Gasteiger partial charge in [0.1, 0.15) is 0 Å². The van der Waals surface area contributed by atoms with E-state index in [9.17, 15) is 0 Å². The summed E-state index contributed by atoms with van der Waals surface area (Å²) in [6.45, 7) is 7.31. The van der Waals surface area contributed by atoms with Gasteiger partial charge < -0.3 is 0 Å². The van der Waals surface area contributed by atoms with Crippen LogP contribution in [0.4, 0.5) is 0 Å². The van der Waals surface area contributed by atoms with Crippen molar-refractivity contribution in [3.63, 3.8) is 0 Å². The van der Waals surface area contributed by atoms with E-state index in [1.54, 1.807) is 0 Å². The normalized spacial score (nSPS) is 25.9. The van der Waals surface area contributed by atoms with Crippen molar-refractivity contribution < 1.29 is 0 Å². The molecule has 0 heteroatoms. The van der Waals surface area contributed by atoms with Gasteiger partial charge in [0, 0.05) is 0 Å². The van der Waals surface area contributed by atoms with E-state index in [0.717, 1.165) is 11.8 Å². The Hall–Kier alpha value is -1.56. The van der Waals surface area contributed by atoms with Gasteiger partial charge in [-0.25, -0.2) is 0 Å². The first-order chi connectivity index (χ1) is 10.6. The quantitative estimate of drug-likeness (QED) is 0.633. The molecule has 0 aliphatic heterocycles. The zero-order valence-electron chi connectivity index (χ0n) is 14.1. The van der Waals surface area contributed by atoms with E-state index in [4.69, 9.17) is 0 Å². The van der Waals surface area contributed by atoms with E-state index in [1.807, 2.05) is 0 Å². The summed E-state index contributed by atoms with van der Waals surface area (Å²) in [5, 5.41) is 0. The van der Waals surface area contributed by atoms with Gasteiger partial charge in [-0.3, -0.25) is 0 Å². The Morgan fingerprint density at radius 1 is 0.818 bits per heavy atom. The molecule has 1 aliphatic carbocycles. The molecule has 0 spiro atoms. The Labute approximate surface area is 135 Å². The molecule has 3 atom stereocenters. The highest BCUT2D eigenvalue weighted by molar-refractivity contribution is 5.27. The fourth-order valence-electron chi connectivity index (χ4n) is 4.25. The van der Waals surface area contributed by atoms with Crippen molar-refractivity contribution in [1.82, 2.24) is 0 Å². The zero-order chi connectivity index (χ0) is 15.6. The molecule has 1 saturated carbocycles. The number of benzene rings is 2. The van der Waals surface area contributed by atoms with E-state index >= 15 is 0 Å². The summed E-state index contributed by atoms with van der Waals surface area (Å²) in [6.07, 6.45) is 4.01. The second-order valence-electron chi connectivity index (χ2n) is 7.59. The summed E-state index contributed by atoms with van der Waals surface area (Å²) >= 11 is 0. The Kier molecular flexibility index (Phi) is 4.38. The molecule has 0 heterocycles. The third kappa shape index (κ3) is 2.97. The second kappa shape index (κ2) is 6.28. The van der Waals surface area contributed by atoms with Crippen LogP contribution in [0.2, 0.25) is 0 Å². The topological polar surface area (TPSA) is 0 Å². The maximum absolute atomic E-state index is 2.44. The molecule has 1 aliphatic rings. The molecule has 0 amide bonds. The van der Waals surface area contributed by atoms with E-state index in [2.05, 4.69) is 81.4 Å². The average Bonchev–Trinajstić information content (AvgIpc) is 2.57. The highest BCUT2D eigenvalue weighted by atomic mass is 14.4. The summed E-state index contributed by atoms with van der Waals surface area (Å²) in [5.74, 6) is 2.27. The van der Waals surface area contributed by atoms with Crippen LogP contribution >= 0.6 is 0 Å². The van der Waals surface area contributed by atoms with E-state index in [1.165, 1.54) is 30.4 Å². The van der Waals surface area contributed by atoms with Gasteiger partial charge >= 0.3 is 0 Å². The predicted molar refractivity (Wildman–Crippen MR) is 95.2 cm³/mol. The van der Waals surface area contributed by atoms with E-state index < -0.39 is 0 Å². The Bertz CT molecular complexity index is 582. The maximum Gasteiger partial charge on any atom is -0.00751 e. The van der Waals surface area contributed by atoms with Crippen LogP contribution in [-0.2, 0) is 5.41 Å². The highest BCUT2D eigenvalue weighted by Crippen LogP contribution is 2.47. The molecule has 116 valence electrons. The van der Waals surface area contributed by atoms with Gasteiger partial charge in [0.05, 0.1) is 0 Å². The van der Waals surface area contributed by atoms with Crippen LogP contribution in [0.3, 0.4) is 0 Å². The van der Waals surface area contributed by atoms with Crippen molar-refractivity contribution >= 4 is 0 Å². The molecule has 0 saturated heterocycles. The van der Waals surface area contributed by atoms with Crippen LogP contribution in [0.1, 0.15) is 57.1 Å². The maximum atomic E-state index is 2.44.